The Labute approximate surface area is 218 Å². The second kappa shape index (κ2) is 9.85. The Morgan fingerprint density at radius 2 is 2.06 bits per heavy atom. The average molecular weight is 564 g/mol. The van der Waals surface area contributed by atoms with Crippen molar-refractivity contribution in [3.63, 3.8) is 0 Å². The molecule has 178 valence electrons. The van der Waals surface area contributed by atoms with Crippen LogP contribution in [0.15, 0.2) is 79.4 Å². The monoisotopic (exact) mass is 562 g/mol. The maximum absolute atomic E-state index is 13.4. The Morgan fingerprint density at radius 1 is 1.22 bits per heavy atom. The molecule has 0 bridgehead atoms. The van der Waals surface area contributed by atoms with Crippen molar-refractivity contribution in [2.75, 3.05) is 13.7 Å². The summed E-state index contributed by atoms with van der Waals surface area (Å²) in [5.41, 5.74) is 1.35. The third-order valence-corrected chi connectivity index (χ3v) is 6.08. The number of furan rings is 1. The number of benzene rings is 3. The second-order valence-electron chi connectivity index (χ2n) is 7.59. The fraction of sp³-hybridized carbons (Fsp3) is 0.0769. The quantitative estimate of drug-likeness (QED) is 0.234. The number of nitrogens with zero attached hydrogens (tertiary/aromatic N) is 4. The van der Waals surface area contributed by atoms with E-state index in [4.69, 9.17) is 30.8 Å². The molecule has 2 heterocycles. The van der Waals surface area contributed by atoms with E-state index in [1.54, 1.807) is 30.3 Å². The molecule has 0 fully saturated rings. The van der Waals surface area contributed by atoms with E-state index in [9.17, 15) is 4.79 Å². The van der Waals surface area contributed by atoms with E-state index < -0.39 is 0 Å². The first-order valence-electron chi connectivity index (χ1n) is 10.6. The maximum atomic E-state index is 13.4. The number of para-hydroxylation sites is 1. The highest BCUT2D eigenvalue weighted by atomic mass is 79.9. The molecule has 10 heteroatoms. The van der Waals surface area contributed by atoms with Gasteiger partial charge < -0.3 is 13.9 Å². The van der Waals surface area contributed by atoms with Gasteiger partial charge in [0, 0.05) is 9.86 Å². The van der Waals surface area contributed by atoms with Crippen LogP contribution in [0, 0.1) is 11.3 Å². The first kappa shape index (κ1) is 23.6. The molecule has 3 aromatic carbocycles. The number of hydrogen-bond donors (Lipinski definition) is 0. The van der Waals surface area contributed by atoms with Crippen molar-refractivity contribution in [1.82, 2.24) is 9.66 Å². The van der Waals surface area contributed by atoms with E-state index in [1.807, 2.05) is 36.4 Å². The van der Waals surface area contributed by atoms with Gasteiger partial charge in [-0.2, -0.15) is 15.0 Å². The Balaban J connectivity index is 1.66. The van der Waals surface area contributed by atoms with Crippen molar-refractivity contribution in [1.29, 1.82) is 5.26 Å². The highest BCUT2D eigenvalue weighted by molar-refractivity contribution is 9.10. The lowest BCUT2D eigenvalue weighted by molar-refractivity contribution is 0.330. The Bertz CT molecular complexity index is 1750. The predicted octanol–water partition coefficient (Wildman–Crippen LogP) is 6.02. The second-order valence-corrected chi connectivity index (χ2v) is 8.91. The highest BCUT2D eigenvalue weighted by Crippen LogP contribution is 2.36. The molecule has 2 aromatic heterocycles. The molecule has 0 aliphatic rings. The van der Waals surface area contributed by atoms with Gasteiger partial charge in [0.05, 0.1) is 29.2 Å². The van der Waals surface area contributed by atoms with Gasteiger partial charge in [-0.05, 0) is 54.1 Å². The average Bonchev–Trinajstić information content (AvgIpc) is 3.30. The number of hydrogen-bond acceptors (Lipinski definition) is 7. The van der Waals surface area contributed by atoms with Gasteiger partial charge in [0.1, 0.15) is 11.7 Å². The van der Waals surface area contributed by atoms with Crippen molar-refractivity contribution in [2.45, 2.75) is 0 Å². The minimum absolute atomic E-state index is 0.181. The Morgan fingerprint density at radius 3 is 2.86 bits per heavy atom. The molecule has 0 atom stereocenters. The minimum atomic E-state index is -0.361. The van der Waals surface area contributed by atoms with Gasteiger partial charge in [0.15, 0.2) is 23.9 Å². The van der Waals surface area contributed by atoms with E-state index in [2.05, 4.69) is 26.0 Å². The van der Waals surface area contributed by atoms with Gasteiger partial charge in [0.2, 0.25) is 5.82 Å². The van der Waals surface area contributed by atoms with Crippen LogP contribution < -0.4 is 15.0 Å². The maximum Gasteiger partial charge on any atom is 0.282 e. The molecule has 0 N–H and O–H groups in total. The minimum Gasteiger partial charge on any atom is -0.493 e. The number of nitriles is 1. The summed E-state index contributed by atoms with van der Waals surface area (Å²) >= 11 is 9.81. The van der Waals surface area contributed by atoms with E-state index in [-0.39, 0.29) is 28.8 Å². The number of ether oxygens (including phenoxy) is 2. The summed E-state index contributed by atoms with van der Waals surface area (Å²) in [6.07, 6.45) is 1.46. The van der Waals surface area contributed by atoms with Gasteiger partial charge >= 0.3 is 0 Å². The lowest BCUT2D eigenvalue weighted by Gasteiger charge is -2.11. The third kappa shape index (κ3) is 4.44. The largest absolute Gasteiger partial charge is 0.493 e. The van der Waals surface area contributed by atoms with Gasteiger partial charge in [-0.15, -0.1) is 0 Å². The molecular formula is C26H16BrClN4O4. The molecule has 0 spiro atoms. The highest BCUT2D eigenvalue weighted by Gasteiger charge is 2.17. The molecule has 0 saturated heterocycles. The SMILES string of the molecule is COc1cc(C=Nn2c(-c3cc4cc(Br)ccc4o3)nc3ccccc3c2=O)cc(Cl)c1OCC#N. The first-order valence-corrected chi connectivity index (χ1v) is 11.8. The normalized spacial score (nSPS) is 11.3. The predicted molar refractivity (Wildman–Crippen MR) is 141 cm³/mol. The molecule has 0 radical (unpaired) electrons. The van der Waals surface area contributed by atoms with Crippen molar-refractivity contribution >= 4 is 55.6 Å². The van der Waals surface area contributed by atoms with E-state index in [0.717, 1.165) is 9.86 Å². The van der Waals surface area contributed by atoms with E-state index in [0.29, 0.717) is 33.6 Å². The summed E-state index contributed by atoms with van der Waals surface area (Å²) in [4.78, 5) is 18.1. The van der Waals surface area contributed by atoms with E-state index in [1.165, 1.54) is 18.0 Å². The van der Waals surface area contributed by atoms with Crippen LogP contribution in [0.3, 0.4) is 0 Å². The van der Waals surface area contributed by atoms with Crippen molar-refractivity contribution < 1.29 is 13.9 Å². The summed E-state index contributed by atoms with van der Waals surface area (Å²) in [6, 6.07) is 19.6. The lowest BCUT2D eigenvalue weighted by atomic mass is 10.2. The van der Waals surface area contributed by atoms with Gasteiger partial charge in [-0.3, -0.25) is 4.79 Å². The molecule has 5 rings (SSSR count). The number of rotatable bonds is 6. The zero-order valence-corrected chi connectivity index (χ0v) is 21.1. The van der Waals surface area contributed by atoms with Crippen LogP contribution in [0.4, 0.5) is 0 Å². The molecule has 0 aliphatic heterocycles. The number of fused-ring (bicyclic) bond motifs is 2. The smallest absolute Gasteiger partial charge is 0.282 e. The van der Waals surface area contributed by atoms with Crippen molar-refractivity contribution in [3.8, 4) is 29.2 Å². The molecule has 0 aliphatic carbocycles. The van der Waals surface area contributed by atoms with Crippen LogP contribution in [0.5, 0.6) is 11.5 Å². The molecule has 0 amide bonds. The summed E-state index contributed by atoms with van der Waals surface area (Å²) in [7, 11) is 1.46. The Kier molecular flexibility index (Phi) is 6.46. The first-order chi connectivity index (χ1) is 17.5. The molecule has 8 nitrogen and oxygen atoms in total. The fourth-order valence-corrected chi connectivity index (χ4v) is 4.35. The summed E-state index contributed by atoms with van der Waals surface area (Å²) in [5, 5.41) is 14.7. The topological polar surface area (TPSA) is 103 Å². The van der Waals surface area contributed by atoms with Gasteiger partial charge in [-0.1, -0.05) is 39.7 Å². The third-order valence-electron chi connectivity index (χ3n) is 5.31. The molecule has 0 unspecified atom stereocenters. The van der Waals surface area contributed by atoms with Crippen LogP contribution in [0.2, 0.25) is 5.02 Å². The molecule has 36 heavy (non-hydrogen) atoms. The van der Waals surface area contributed by atoms with E-state index >= 15 is 0 Å². The van der Waals surface area contributed by atoms with Gasteiger partial charge in [0.25, 0.3) is 5.56 Å². The lowest BCUT2D eigenvalue weighted by Crippen LogP contribution is -2.20. The van der Waals surface area contributed by atoms with Crippen molar-refractivity contribution in [3.05, 3.63) is 86.1 Å². The number of halogens is 2. The molecule has 0 saturated carbocycles. The van der Waals surface area contributed by atoms with Crippen molar-refractivity contribution in [2.24, 2.45) is 5.10 Å². The van der Waals surface area contributed by atoms with Gasteiger partial charge in [-0.25, -0.2) is 4.98 Å². The molecular weight excluding hydrogens is 548 g/mol. The van der Waals surface area contributed by atoms with Crippen LogP contribution >= 0.6 is 27.5 Å². The summed E-state index contributed by atoms with van der Waals surface area (Å²) < 4.78 is 18.8. The fourth-order valence-electron chi connectivity index (χ4n) is 3.70. The van der Waals surface area contributed by atoms with Crippen LogP contribution in [-0.4, -0.2) is 29.6 Å². The number of aromatic nitrogens is 2. The van der Waals surface area contributed by atoms with Crippen LogP contribution in [-0.2, 0) is 0 Å². The zero-order valence-electron chi connectivity index (χ0n) is 18.7. The van der Waals surface area contributed by atoms with Crippen LogP contribution in [0.25, 0.3) is 33.5 Å². The summed E-state index contributed by atoms with van der Waals surface area (Å²) in [6.45, 7) is -0.181. The zero-order chi connectivity index (χ0) is 25.2. The Hall–Kier alpha value is -4.13. The number of methoxy groups -OCH3 is 1. The molecule has 5 aromatic rings. The van der Waals surface area contributed by atoms with Crippen LogP contribution in [0.1, 0.15) is 5.56 Å². The standard InChI is InChI=1S/C26H16BrClN4O4/c1-34-22-11-15(10-19(28)24(22)35-9-8-29)14-30-32-25(31-20-5-3-2-4-18(20)26(32)33)23-13-16-12-17(27)6-7-21(16)36-23/h2-7,10-14H,9H2,1H3. The summed E-state index contributed by atoms with van der Waals surface area (Å²) in [5.74, 6) is 1.20.